The average Bonchev–Trinajstić information content (AvgIpc) is 3.41. The van der Waals surface area contributed by atoms with Crippen LogP contribution >= 0.6 is 0 Å². The fourth-order valence-electron chi connectivity index (χ4n) is 7.49. The van der Waals surface area contributed by atoms with E-state index in [2.05, 4.69) is 98.0 Å². The normalized spacial score (nSPS) is 25.9. The van der Waals surface area contributed by atoms with Crippen molar-refractivity contribution in [3.63, 3.8) is 0 Å². The van der Waals surface area contributed by atoms with Crippen LogP contribution in [0.5, 0.6) is 0 Å². The van der Waals surface area contributed by atoms with E-state index >= 15 is 0 Å². The molecule has 0 spiro atoms. The Morgan fingerprint density at radius 2 is 1.60 bits per heavy atom. The minimum atomic E-state index is -2.78. The lowest BCUT2D eigenvalue weighted by Gasteiger charge is -2.53. The fraction of sp³-hybridized carbons (Fsp3) is 0.821. The van der Waals surface area contributed by atoms with Crippen molar-refractivity contribution < 1.29 is 22.8 Å². The zero-order chi connectivity index (χ0) is 29.8. The summed E-state index contributed by atoms with van der Waals surface area (Å²) in [5.74, 6) is 0.327. The maximum atomic E-state index is 7.16. The molecule has 0 amide bonds. The van der Waals surface area contributed by atoms with Gasteiger partial charge in [-0.3, -0.25) is 4.57 Å². The predicted octanol–water partition coefficient (Wildman–Crippen LogP) is 6.30. The molecule has 4 rings (SSSR count). The standard InChI is InChI=1S/C28H51N5O5Si2/c1-17(2)39(18(3)4,19(5)6)36-16-34-23-22-20(13-35-40(38-22,27(7,8)9)28(10,11)12)37-26(23)33-15-32-21-24(29)30-14-31-25(21)33/h14-15,17-20,22-23,26H,13,16H2,1-12H3,(H2,29,30,31)/t20-,22-,23-,26-/m1/s1. The highest BCUT2D eigenvalue weighted by molar-refractivity contribution is 6.77. The van der Waals surface area contributed by atoms with E-state index in [1.165, 1.54) is 6.33 Å². The summed E-state index contributed by atoms with van der Waals surface area (Å²) in [6.45, 7) is 27.6. The van der Waals surface area contributed by atoms with Crippen LogP contribution in [-0.2, 0) is 22.8 Å². The summed E-state index contributed by atoms with van der Waals surface area (Å²) >= 11 is 0. The van der Waals surface area contributed by atoms with Crippen molar-refractivity contribution in [3.05, 3.63) is 12.7 Å². The van der Waals surface area contributed by atoms with Gasteiger partial charge in [0.15, 0.2) is 17.7 Å². The molecule has 4 heterocycles. The van der Waals surface area contributed by atoms with Gasteiger partial charge in [-0.15, -0.1) is 0 Å². The molecule has 0 aliphatic carbocycles. The van der Waals surface area contributed by atoms with Gasteiger partial charge in [0.05, 0.1) is 12.9 Å². The van der Waals surface area contributed by atoms with Gasteiger partial charge in [-0.1, -0.05) is 83.1 Å². The second-order valence-corrected chi connectivity index (χ2v) is 24.6. The van der Waals surface area contributed by atoms with Gasteiger partial charge in [-0.05, 0) is 16.6 Å². The Morgan fingerprint density at radius 3 is 2.15 bits per heavy atom. The van der Waals surface area contributed by atoms with Gasteiger partial charge in [0.25, 0.3) is 0 Å². The van der Waals surface area contributed by atoms with Crippen molar-refractivity contribution in [2.24, 2.45) is 0 Å². The van der Waals surface area contributed by atoms with Crippen LogP contribution in [0.15, 0.2) is 12.7 Å². The molecule has 2 saturated heterocycles. The Bertz CT molecular complexity index is 1140. The number of hydrogen-bond donors (Lipinski definition) is 1. The highest BCUT2D eigenvalue weighted by Crippen LogP contribution is 2.56. The van der Waals surface area contributed by atoms with Gasteiger partial charge in [0.2, 0.25) is 8.32 Å². The third kappa shape index (κ3) is 5.07. The monoisotopic (exact) mass is 593 g/mol. The minimum Gasteiger partial charge on any atom is -0.394 e. The molecule has 2 fully saturated rings. The topological polar surface area (TPSA) is 116 Å². The number of hydrogen-bond acceptors (Lipinski definition) is 9. The SMILES string of the molecule is CC(C)[Si](OCO[C@@H]1[C@@H]2O[Si](C(C)(C)C)(C(C)(C)C)OC[C@H]2O[C@H]1n1cnc2c(N)ncnc21)(C(C)C)C(C)C. The number of imidazole rings is 1. The number of nitrogen functional groups attached to an aromatic ring is 1. The van der Waals surface area contributed by atoms with Crippen LogP contribution in [0.4, 0.5) is 5.82 Å². The molecule has 226 valence electrons. The Morgan fingerprint density at radius 1 is 1.00 bits per heavy atom. The van der Waals surface area contributed by atoms with Gasteiger partial charge in [-0.25, -0.2) is 15.0 Å². The van der Waals surface area contributed by atoms with Crippen LogP contribution < -0.4 is 5.73 Å². The first-order chi connectivity index (χ1) is 18.5. The molecule has 40 heavy (non-hydrogen) atoms. The first-order valence-electron chi connectivity index (χ1n) is 14.6. The van der Waals surface area contributed by atoms with Crippen LogP contribution in [0.2, 0.25) is 26.7 Å². The van der Waals surface area contributed by atoms with Crippen LogP contribution in [0.1, 0.15) is 89.3 Å². The van der Waals surface area contributed by atoms with Crippen molar-refractivity contribution in [2.75, 3.05) is 19.1 Å². The highest BCUT2D eigenvalue weighted by Gasteiger charge is 2.65. The molecule has 2 aliphatic rings. The van der Waals surface area contributed by atoms with E-state index in [0.717, 1.165) is 0 Å². The number of ether oxygens (including phenoxy) is 2. The summed E-state index contributed by atoms with van der Waals surface area (Å²) in [5.41, 5.74) is 8.57. The van der Waals surface area contributed by atoms with Gasteiger partial charge in [0, 0.05) is 10.1 Å². The Kier molecular flexibility index (Phi) is 8.68. The summed E-state index contributed by atoms with van der Waals surface area (Å²) in [5, 5.41) is -0.346. The lowest BCUT2D eigenvalue weighted by Crippen LogP contribution is -2.65. The van der Waals surface area contributed by atoms with E-state index in [4.69, 9.17) is 28.5 Å². The fourth-order valence-corrected chi connectivity index (χ4v) is 17.7. The maximum absolute atomic E-state index is 7.16. The smallest absolute Gasteiger partial charge is 0.349 e. The van der Waals surface area contributed by atoms with E-state index in [1.54, 1.807) is 6.33 Å². The Balaban J connectivity index is 1.72. The molecule has 2 aromatic rings. The van der Waals surface area contributed by atoms with Crippen LogP contribution in [0, 0.1) is 0 Å². The Labute approximate surface area is 242 Å². The van der Waals surface area contributed by atoms with Gasteiger partial charge >= 0.3 is 8.56 Å². The predicted molar refractivity (Wildman–Crippen MR) is 162 cm³/mol. The summed E-state index contributed by atoms with van der Waals surface area (Å²) in [7, 11) is -4.93. The number of nitrogens with zero attached hydrogens (tertiary/aromatic N) is 4. The zero-order valence-electron chi connectivity index (χ0n) is 26.5. The molecule has 2 aromatic heterocycles. The number of rotatable bonds is 8. The molecular formula is C28H51N5O5Si2. The van der Waals surface area contributed by atoms with E-state index in [9.17, 15) is 0 Å². The largest absolute Gasteiger partial charge is 0.394 e. The molecular weight excluding hydrogens is 543 g/mol. The number of fused-ring (bicyclic) bond motifs is 2. The molecule has 0 aromatic carbocycles. The average molecular weight is 594 g/mol. The molecule has 12 heteroatoms. The number of anilines is 1. The molecule has 2 N–H and O–H groups in total. The van der Waals surface area contributed by atoms with Crippen molar-refractivity contribution >= 4 is 33.9 Å². The second kappa shape index (κ2) is 11.0. The van der Waals surface area contributed by atoms with Crippen LogP contribution in [-0.4, -0.2) is 68.1 Å². The van der Waals surface area contributed by atoms with E-state index in [1.807, 2.05) is 4.57 Å². The molecule has 0 saturated carbocycles. The second-order valence-electron chi connectivity index (χ2n) is 14.4. The number of aromatic nitrogens is 4. The lowest BCUT2D eigenvalue weighted by molar-refractivity contribution is -0.113. The summed E-state index contributed by atoms with van der Waals surface area (Å²) in [6, 6.07) is 0. The first-order valence-corrected chi connectivity index (χ1v) is 18.6. The van der Waals surface area contributed by atoms with Crippen molar-refractivity contribution in [2.45, 2.75) is 134 Å². The lowest BCUT2D eigenvalue weighted by atomic mass is 10.1. The van der Waals surface area contributed by atoms with E-state index in [-0.39, 0.29) is 29.1 Å². The van der Waals surface area contributed by atoms with Crippen molar-refractivity contribution in [1.29, 1.82) is 0 Å². The first kappa shape index (κ1) is 31.5. The minimum absolute atomic E-state index is 0.169. The summed E-state index contributed by atoms with van der Waals surface area (Å²) in [4.78, 5) is 13.1. The van der Waals surface area contributed by atoms with E-state index in [0.29, 0.717) is 40.2 Å². The molecule has 10 nitrogen and oxygen atoms in total. The van der Waals surface area contributed by atoms with Crippen LogP contribution in [0.3, 0.4) is 0 Å². The molecule has 4 atom stereocenters. The molecule has 0 unspecified atom stereocenters. The van der Waals surface area contributed by atoms with Gasteiger partial charge in [0.1, 0.15) is 36.9 Å². The van der Waals surface area contributed by atoms with Crippen molar-refractivity contribution in [3.8, 4) is 0 Å². The highest BCUT2D eigenvalue weighted by atomic mass is 28.4. The van der Waals surface area contributed by atoms with E-state index < -0.39 is 29.2 Å². The van der Waals surface area contributed by atoms with Crippen molar-refractivity contribution in [1.82, 2.24) is 19.5 Å². The van der Waals surface area contributed by atoms with Gasteiger partial charge < -0.3 is 28.5 Å². The quantitative estimate of drug-likeness (QED) is 0.278. The third-order valence-corrected chi connectivity index (χ3v) is 20.1. The molecule has 0 radical (unpaired) electrons. The summed E-state index contributed by atoms with van der Waals surface area (Å²) < 4.78 is 36.0. The zero-order valence-corrected chi connectivity index (χ0v) is 28.5. The van der Waals surface area contributed by atoms with Crippen LogP contribution in [0.25, 0.3) is 11.2 Å². The summed E-state index contributed by atoms with van der Waals surface area (Å²) in [6.07, 6.45) is 1.50. The Hall–Kier alpha value is -1.42. The van der Waals surface area contributed by atoms with Gasteiger partial charge in [-0.2, -0.15) is 0 Å². The maximum Gasteiger partial charge on any atom is 0.349 e. The third-order valence-electron chi connectivity index (χ3n) is 8.95. The molecule has 2 aliphatic heterocycles. The molecule has 0 bridgehead atoms. The number of nitrogens with two attached hydrogens (primary N) is 1.